The van der Waals surface area contributed by atoms with Crippen LogP contribution < -0.4 is 11.5 Å². The van der Waals surface area contributed by atoms with Crippen molar-refractivity contribution in [2.45, 2.75) is 43.8 Å². The van der Waals surface area contributed by atoms with Crippen LogP contribution in [0.5, 0.6) is 0 Å². The summed E-state index contributed by atoms with van der Waals surface area (Å²) in [6.45, 7) is 1.31. The number of aliphatic hydroxyl groups is 1. The molecule has 0 aromatic rings. The van der Waals surface area contributed by atoms with E-state index in [1.165, 1.54) is 11.8 Å². The number of nitrogens with zero attached hydrogens (tertiary/aromatic N) is 1. The first-order valence-electron chi connectivity index (χ1n) is 7.20. The molecule has 0 aromatic heterocycles. The second-order valence-corrected chi connectivity index (χ2v) is 5.94. The van der Waals surface area contributed by atoms with Gasteiger partial charge in [0, 0.05) is 19.0 Å². The molecule has 4 atom stereocenters. The predicted molar refractivity (Wildman–Crippen MR) is 78.5 cm³/mol. The van der Waals surface area contributed by atoms with E-state index in [9.17, 15) is 19.8 Å². The van der Waals surface area contributed by atoms with E-state index in [1.807, 2.05) is 0 Å². The maximum absolute atomic E-state index is 12.1. The Kier molecular flexibility index (Phi) is 6.32. The minimum absolute atomic E-state index is 0.104. The molecule has 1 heterocycles. The highest BCUT2D eigenvalue weighted by molar-refractivity contribution is 6.40. The number of hydrogen-bond donors (Lipinski definition) is 6. The summed E-state index contributed by atoms with van der Waals surface area (Å²) in [5.41, 5.74) is 9.94. The number of nitrogens with two attached hydrogens (primary N) is 2. The number of rotatable bonds is 7. The van der Waals surface area contributed by atoms with E-state index in [2.05, 4.69) is 0 Å². The molecule has 1 aliphatic rings. The number of aliphatic hydroxyl groups excluding tert-OH is 1. The third kappa shape index (κ3) is 4.17. The van der Waals surface area contributed by atoms with E-state index >= 15 is 0 Å². The molecular formula is C12H24BN3O6. The van der Waals surface area contributed by atoms with Crippen LogP contribution in [0.15, 0.2) is 0 Å². The molecule has 1 unspecified atom stereocenters. The third-order valence-electron chi connectivity index (χ3n) is 4.15. The highest BCUT2D eigenvalue weighted by Gasteiger charge is 2.51. The molecule has 10 heteroatoms. The fourth-order valence-corrected chi connectivity index (χ4v) is 2.66. The number of likely N-dealkylation sites (tertiary alicyclic amines) is 1. The number of carbonyl (C=O) groups excluding carboxylic acids is 1. The Hall–Kier alpha value is -1.20. The highest BCUT2D eigenvalue weighted by atomic mass is 16.4. The molecule has 126 valence electrons. The van der Waals surface area contributed by atoms with Crippen LogP contribution in [0, 0.1) is 5.92 Å². The number of amides is 1. The van der Waals surface area contributed by atoms with Gasteiger partial charge in [-0.05, 0) is 19.7 Å². The van der Waals surface area contributed by atoms with Crippen molar-refractivity contribution in [3.63, 3.8) is 0 Å². The van der Waals surface area contributed by atoms with Gasteiger partial charge in [-0.3, -0.25) is 9.59 Å². The van der Waals surface area contributed by atoms with Gasteiger partial charge in [0.15, 0.2) is 0 Å². The highest BCUT2D eigenvalue weighted by Crippen LogP contribution is 2.31. The molecule has 22 heavy (non-hydrogen) atoms. The van der Waals surface area contributed by atoms with Crippen LogP contribution in [0.4, 0.5) is 0 Å². The SMILES string of the molecule is CC(O)[C@H](N)C(=O)N1C[C@H](CCCB(O)O)[C@](N)(C(=O)O)C1. The number of aliphatic carboxylic acids is 1. The summed E-state index contributed by atoms with van der Waals surface area (Å²) < 4.78 is 0. The number of carboxylic acids is 1. The Balaban J connectivity index is 2.79. The van der Waals surface area contributed by atoms with Crippen molar-refractivity contribution in [1.29, 1.82) is 0 Å². The molecule has 8 N–H and O–H groups in total. The van der Waals surface area contributed by atoms with Gasteiger partial charge >= 0.3 is 13.1 Å². The molecule has 1 fully saturated rings. The summed E-state index contributed by atoms with van der Waals surface area (Å²) in [7, 11) is -1.46. The Bertz CT molecular complexity index is 422. The molecule has 0 radical (unpaired) electrons. The molecule has 1 saturated heterocycles. The monoisotopic (exact) mass is 317 g/mol. The second kappa shape index (κ2) is 7.38. The van der Waals surface area contributed by atoms with Crippen LogP contribution >= 0.6 is 0 Å². The lowest BCUT2D eigenvalue weighted by Gasteiger charge is -2.25. The molecule has 9 nitrogen and oxygen atoms in total. The summed E-state index contributed by atoms with van der Waals surface area (Å²) in [4.78, 5) is 24.9. The van der Waals surface area contributed by atoms with Crippen molar-refractivity contribution in [2.24, 2.45) is 17.4 Å². The lowest BCUT2D eigenvalue weighted by Crippen LogP contribution is -2.56. The van der Waals surface area contributed by atoms with Crippen molar-refractivity contribution in [2.75, 3.05) is 13.1 Å². The second-order valence-electron chi connectivity index (χ2n) is 5.94. The van der Waals surface area contributed by atoms with Crippen LogP contribution in [0.25, 0.3) is 0 Å². The molecule has 0 spiro atoms. The lowest BCUT2D eigenvalue weighted by atomic mass is 9.78. The van der Waals surface area contributed by atoms with Crippen LogP contribution in [0.2, 0.25) is 6.32 Å². The van der Waals surface area contributed by atoms with Crippen molar-refractivity contribution in [3.05, 3.63) is 0 Å². The van der Waals surface area contributed by atoms with Gasteiger partial charge < -0.3 is 36.6 Å². The molecule has 0 saturated carbocycles. The topological polar surface area (TPSA) is 170 Å². The summed E-state index contributed by atoms with van der Waals surface area (Å²) in [6, 6.07) is -1.13. The predicted octanol–water partition coefficient (Wildman–Crippen LogP) is -2.81. The Labute approximate surface area is 129 Å². The van der Waals surface area contributed by atoms with E-state index in [-0.39, 0.29) is 19.4 Å². The Morgan fingerprint density at radius 3 is 2.50 bits per heavy atom. The van der Waals surface area contributed by atoms with Crippen LogP contribution in [0.3, 0.4) is 0 Å². The zero-order valence-electron chi connectivity index (χ0n) is 12.6. The number of hydrogen-bond acceptors (Lipinski definition) is 7. The van der Waals surface area contributed by atoms with Crippen LogP contribution in [0.1, 0.15) is 19.8 Å². The van der Waals surface area contributed by atoms with Gasteiger partial charge in [0.2, 0.25) is 5.91 Å². The summed E-state index contributed by atoms with van der Waals surface area (Å²) >= 11 is 0. The Morgan fingerprint density at radius 2 is 2.05 bits per heavy atom. The first-order chi connectivity index (χ1) is 10.1. The van der Waals surface area contributed by atoms with Gasteiger partial charge in [-0.1, -0.05) is 6.42 Å². The first kappa shape index (κ1) is 18.9. The summed E-state index contributed by atoms with van der Waals surface area (Å²) in [5.74, 6) is -2.28. The normalized spacial score (nSPS) is 27.5. The quantitative estimate of drug-likeness (QED) is 0.273. The summed E-state index contributed by atoms with van der Waals surface area (Å²) in [6.07, 6.45) is -0.228. The van der Waals surface area contributed by atoms with Crippen molar-refractivity contribution >= 4 is 19.0 Å². The zero-order chi connectivity index (χ0) is 17.1. The van der Waals surface area contributed by atoms with Gasteiger partial charge in [0.1, 0.15) is 11.6 Å². The zero-order valence-corrected chi connectivity index (χ0v) is 12.6. The number of carbonyl (C=O) groups is 2. The van der Waals surface area contributed by atoms with Crippen LogP contribution in [-0.4, -0.2) is 74.9 Å². The minimum Gasteiger partial charge on any atom is -0.480 e. The van der Waals surface area contributed by atoms with Gasteiger partial charge in [0.05, 0.1) is 6.10 Å². The van der Waals surface area contributed by atoms with E-state index in [1.54, 1.807) is 0 Å². The van der Waals surface area contributed by atoms with E-state index < -0.39 is 42.6 Å². The Morgan fingerprint density at radius 1 is 1.45 bits per heavy atom. The van der Waals surface area contributed by atoms with Crippen molar-refractivity contribution < 1.29 is 29.9 Å². The molecule has 0 aromatic carbocycles. The molecule has 1 amide bonds. The summed E-state index contributed by atoms with van der Waals surface area (Å²) in [5, 5.41) is 36.4. The molecular weight excluding hydrogens is 293 g/mol. The standard InChI is InChI=1S/C12H24BN3O6/c1-7(17)9(14)10(18)16-5-8(3-2-4-13(21)22)12(15,6-16)11(19)20/h7-9,17,21-22H,2-6,14-15H2,1H3,(H,19,20)/t7?,8-,9-,12-/m0/s1. The molecule has 1 aliphatic heterocycles. The average molecular weight is 317 g/mol. The minimum atomic E-state index is -1.60. The fourth-order valence-electron chi connectivity index (χ4n) is 2.66. The van der Waals surface area contributed by atoms with Gasteiger partial charge in [0.25, 0.3) is 0 Å². The van der Waals surface area contributed by atoms with Crippen molar-refractivity contribution in [3.8, 4) is 0 Å². The van der Waals surface area contributed by atoms with Gasteiger partial charge in [-0.15, -0.1) is 0 Å². The maximum atomic E-state index is 12.1. The maximum Gasteiger partial charge on any atom is 0.451 e. The first-order valence-corrected chi connectivity index (χ1v) is 7.20. The van der Waals surface area contributed by atoms with Crippen molar-refractivity contribution in [1.82, 2.24) is 4.90 Å². The van der Waals surface area contributed by atoms with E-state index in [0.29, 0.717) is 12.8 Å². The smallest absolute Gasteiger partial charge is 0.451 e. The fraction of sp³-hybridized carbons (Fsp3) is 0.833. The number of carboxylic acid groups (broad SMARTS) is 1. The molecule has 1 rings (SSSR count). The average Bonchev–Trinajstić information content (AvgIpc) is 2.75. The third-order valence-corrected chi connectivity index (χ3v) is 4.15. The van der Waals surface area contributed by atoms with Crippen LogP contribution in [-0.2, 0) is 9.59 Å². The van der Waals surface area contributed by atoms with Gasteiger partial charge in [-0.25, -0.2) is 0 Å². The van der Waals surface area contributed by atoms with E-state index in [0.717, 1.165) is 0 Å². The lowest BCUT2D eigenvalue weighted by molar-refractivity contribution is -0.144. The largest absolute Gasteiger partial charge is 0.480 e. The van der Waals surface area contributed by atoms with Gasteiger partial charge in [-0.2, -0.15) is 0 Å². The van der Waals surface area contributed by atoms with E-state index in [4.69, 9.17) is 21.5 Å². The molecule has 0 bridgehead atoms. The molecule has 0 aliphatic carbocycles.